The summed E-state index contributed by atoms with van der Waals surface area (Å²) in [6.45, 7) is 9.60. The molecule has 0 saturated carbocycles. The molecule has 0 amide bonds. The van der Waals surface area contributed by atoms with Crippen LogP contribution in [-0.4, -0.2) is 12.9 Å². The molecule has 1 heterocycles. The first-order chi connectivity index (χ1) is 8.47. The second kappa shape index (κ2) is 5.31. The molecule has 0 spiro atoms. The molecular formula is C16H24O2. The van der Waals surface area contributed by atoms with Gasteiger partial charge in [0, 0.05) is 6.42 Å². The molecule has 1 atom stereocenters. The van der Waals surface area contributed by atoms with Gasteiger partial charge in [-0.05, 0) is 36.8 Å². The molecule has 0 aliphatic carbocycles. The summed E-state index contributed by atoms with van der Waals surface area (Å²) in [4.78, 5) is 0. The summed E-state index contributed by atoms with van der Waals surface area (Å²) in [5.41, 5.74) is 2.63. The van der Waals surface area contributed by atoms with Gasteiger partial charge in [0.05, 0.1) is 6.61 Å². The lowest BCUT2D eigenvalue weighted by Crippen LogP contribution is -2.26. The van der Waals surface area contributed by atoms with Crippen LogP contribution in [0.1, 0.15) is 51.2 Å². The molecule has 1 aromatic rings. The maximum absolute atomic E-state index is 6.05. The van der Waals surface area contributed by atoms with E-state index in [9.17, 15) is 0 Å². The minimum atomic E-state index is -0.0671. The Balaban J connectivity index is 2.21. The molecule has 1 aliphatic heterocycles. The molecule has 2 nitrogen and oxygen atoms in total. The van der Waals surface area contributed by atoms with Crippen LogP contribution in [-0.2, 0) is 10.2 Å². The highest BCUT2D eigenvalue weighted by molar-refractivity contribution is 5.41. The minimum Gasteiger partial charge on any atom is -0.465 e. The summed E-state index contributed by atoms with van der Waals surface area (Å²) in [7, 11) is 0. The molecule has 1 unspecified atom stereocenters. The van der Waals surface area contributed by atoms with Gasteiger partial charge in [0.25, 0.3) is 0 Å². The van der Waals surface area contributed by atoms with Crippen molar-refractivity contribution in [2.24, 2.45) is 0 Å². The molecule has 0 radical (unpaired) electrons. The zero-order valence-corrected chi connectivity index (χ0v) is 12.0. The molecule has 1 aromatic carbocycles. The van der Waals surface area contributed by atoms with E-state index in [1.807, 2.05) is 0 Å². The lowest BCUT2D eigenvalue weighted by Gasteiger charge is -2.28. The Bertz CT molecular complexity index is 398. The van der Waals surface area contributed by atoms with Crippen molar-refractivity contribution in [3.63, 3.8) is 0 Å². The first-order valence-corrected chi connectivity index (χ1v) is 6.86. The lowest BCUT2D eigenvalue weighted by molar-refractivity contribution is -0.106. The Hall–Kier alpha value is -1.02. The van der Waals surface area contributed by atoms with Gasteiger partial charge in [0.1, 0.15) is 5.75 Å². The maximum Gasteiger partial charge on any atom is 0.199 e. The van der Waals surface area contributed by atoms with E-state index in [1.54, 1.807) is 0 Å². The molecule has 2 rings (SSSR count). The van der Waals surface area contributed by atoms with Crippen LogP contribution in [0, 0.1) is 6.92 Å². The van der Waals surface area contributed by atoms with Gasteiger partial charge >= 0.3 is 0 Å². The highest BCUT2D eigenvalue weighted by atomic mass is 16.7. The molecule has 1 saturated heterocycles. The van der Waals surface area contributed by atoms with E-state index in [2.05, 4.69) is 45.9 Å². The van der Waals surface area contributed by atoms with Gasteiger partial charge in [-0.3, -0.25) is 0 Å². The van der Waals surface area contributed by atoms with Crippen LogP contribution in [0.5, 0.6) is 5.75 Å². The van der Waals surface area contributed by atoms with E-state index in [0.29, 0.717) is 0 Å². The van der Waals surface area contributed by atoms with Crippen molar-refractivity contribution < 1.29 is 9.47 Å². The number of benzene rings is 1. The van der Waals surface area contributed by atoms with Crippen molar-refractivity contribution >= 4 is 0 Å². The van der Waals surface area contributed by atoms with Crippen molar-refractivity contribution in [1.82, 2.24) is 0 Å². The third-order valence-corrected chi connectivity index (χ3v) is 3.34. The predicted octanol–water partition coefficient (Wildman–Crippen LogP) is 4.20. The number of hydrogen-bond donors (Lipinski definition) is 0. The van der Waals surface area contributed by atoms with Gasteiger partial charge in [-0.25, -0.2) is 0 Å². The van der Waals surface area contributed by atoms with Crippen LogP contribution in [0.4, 0.5) is 0 Å². The van der Waals surface area contributed by atoms with Crippen LogP contribution in [0.3, 0.4) is 0 Å². The SMILES string of the molecule is Cc1ccc(OC2CCCCO2)c(C(C)(C)C)c1. The number of hydrogen-bond acceptors (Lipinski definition) is 2. The van der Waals surface area contributed by atoms with E-state index in [-0.39, 0.29) is 11.7 Å². The van der Waals surface area contributed by atoms with Gasteiger partial charge in [0.15, 0.2) is 6.29 Å². The second-order valence-electron chi connectivity index (χ2n) is 6.16. The fourth-order valence-electron chi connectivity index (χ4n) is 2.28. The third kappa shape index (κ3) is 3.26. The molecule has 18 heavy (non-hydrogen) atoms. The predicted molar refractivity (Wildman–Crippen MR) is 74.1 cm³/mol. The topological polar surface area (TPSA) is 18.5 Å². The van der Waals surface area contributed by atoms with E-state index in [1.165, 1.54) is 17.5 Å². The third-order valence-electron chi connectivity index (χ3n) is 3.34. The molecule has 0 aromatic heterocycles. The Morgan fingerprint density at radius 1 is 1.22 bits per heavy atom. The van der Waals surface area contributed by atoms with Crippen LogP contribution < -0.4 is 4.74 Å². The molecule has 0 N–H and O–H groups in total. The Morgan fingerprint density at radius 2 is 2.00 bits per heavy atom. The fourth-order valence-corrected chi connectivity index (χ4v) is 2.28. The van der Waals surface area contributed by atoms with Crippen LogP contribution in [0.15, 0.2) is 18.2 Å². The van der Waals surface area contributed by atoms with E-state index < -0.39 is 0 Å². The molecule has 100 valence electrons. The minimum absolute atomic E-state index is 0.0671. The van der Waals surface area contributed by atoms with Gasteiger partial charge in [-0.2, -0.15) is 0 Å². The Kier molecular flexibility index (Phi) is 3.96. The first-order valence-electron chi connectivity index (χ1n) is 6.86. The van der Waals surface area contributed by atoms with Gasteiger partial charge in [0.2, 0.25) is 0 Å². The summed E-state index contributed by atoms with van der Waals surface area (Å²) in [6, 6.07) is 6.40. The van der Waals surface area contributed by atoms with Gasteiger partial charge in [-0.15, -0.1) is 0 Å². The highest BCUT2D eigenvalue weighted by Gasteiger charge is 2.22. The largest absolute Gasteiger partial charge is 0.465 e. The lowest BCUT2D eigenvalue weighted by atomic mass is 9.85. The summed E-state index contributed by atoms with van der Waals surface area (Å²) >= 11 is 0. The molecule has 0 bridgehead atoms. The summed E-state index contributed by atoms with van der Waals surface area (Å²) in [6.07, 6.45) is 3.28. The first kappa shape index (κ1) is 13.4. The van der Waals surface area contributed by atoms with Crippen molar-refractivity contribution in [2.75, 3.05) is 6.61 Å². The monoisotopic (exact) mass is 248 g/mol. The van der Waals surface area contributed by atoms with Crippen LogP contribution >= 0.6 is 0 Å². The Labute approximate surface area is 110 Å². The quantitative estimate of drug-likeness (QED) is 0.781. The molecule has 2 heteroatoms. The summed E-state index contributed by atoms with van der Waals surface area (Å²) in [5.74, 6) is 0.972. The smallest absolute Gasteiger partial charge is 0.199 e. The van der Waals surface area contributed by atoms with Crippen molar-refractivity contribution in [3.8, 4) is 5.75 Å². The normalized spacial score (nSPS) is 20.8. The molecule has 1 aliphatic rings. The average Bonchev–Trinajstić information content (AvgIpc) is 2.31. The number of rotatable bonds is 2. The second-order valence-corrected chi connectivity index (χ2v) is 6.16. The van der Waals surface area contributed by atoms with Gasteiger partial charge in [-0.1, -0.05) is 38.5 Å². The van der Waals surface area contributed by atoms with E-state index in [4.69, 9.17) is 9.47 Å². The number of ether oxygens (including phenoxy) is 2. The Morgan fingerprint density at radius 3 is 2.61 bits per heavy atom. The van der Waals surface area contributed by atoms with E-state index >= 15 is 0 Å². The van der Waals surface area contributed by atoms with Gasteiger partial charge < -0.3 is 9.47 Å². The van der Waals surface area contributed by atoms with Crippen LogP contribution in [0.2, 0.25) is 0 Å². The summed E-state index contributed by atoms with van der Waals surface area (Å²) in [5, 5.41) is 0. The van der Waals surface area contributed by atoms with E-state index in [0.717, 1.165) is 25.2 Å². The standard InChI is InChI=1S/C16H24O2/c1-12-8-9-14(13(11-12)16(2,3)4)18-15-7-5-6-10-17-15/h8-9,11,15H,5-7,10H2,1-4H3. The fraction of sp³-hybridized carbons (Fsp3) is 0.625. The molecule has 1 fully saturated rings. The maximum atomic E-state index is 6.05. The zero-order chi connectivity index (χ0) is 13.2. The number of aryl methyl sites for hydroxylation is 1. The van der Waals surface area contributed by atoms with Crippen molar-refractivity contribution in [3.05, 3.63) is 29.3 Å². The molecular weight excluding hydrogens is 224 g/mol. The highest BCUT2D eigenvalue weighted by Crippen LogP contribution is 2.33. The average molecular weight is 248 g/mol. The van der Waals surface area contributed by atoms with Crippen LogP contribution in [0.25, 0.3) is 0 Å². The summed E-state index contributed by atoms with van der Waals surface area (Å²) < 4.78 is 11.7. The zero-order valence-electron chi connectivity index (χ0n) is 12.0. The van der Waals surface area contributed by atoms with Crippen molar-refractivity contribution in [2.45, 2.75) is 58.7 Å². The van der Waals surface area contributed by atoms with Crippen molar-refractivity contribution in [1.29, 1.82) is 0 Å².